The van der Waals surface area contributed by atoms with E-state index in [4.69, 9.17) is 0 Å². The molecular formula is C21H16F3N7O. The fourth-order valence-corrected chi connectivity index (χ4v) is 2.86. The number of alkyl halides is 3. The zero-order valence-corrected chi connectivity index (χ0v) is 16.3. The summed E-state index contributed by atoms with van der Waals surface area (Å²) in [5.41, 5.74) is -0.157. The number of benzene rings is 2. The third kappa shape index (κ3) is 5.01. The molecular weight excluding hydrogens is 423 g/mol. The van der Waals surface area contributed by atoms with Crippen LogP contribution in [0.1, 0.15) is 5.56 Å². The average molecular weight is 439 g/mol. The minimum absolute atomic E-state index is 0.326. The van der Waals surface area contributed by atoms with Gasteiger partial charge in [0.2, 0.25) is 0 Å². The second-order valence-corrected chi connectivity index (χ2v) is 6.56. The molecule has 4 aromatic rings. The summed E-state index contributed by atoms with van der Waals surface area (Å²) < 4.78 is 40.9. The van der Waals surface area contributed by atoms with E-state index < -0.39 is 17.8 Å². The molecule has 2 amide bonds. The van der Waals surface area contributed by atoms with Crippen molar-refractivity contribution in [3.8, 4) is 5.82 Å². The van der Waals surface area contributed by atoms with Crippen LogP contribution in [0, 0.1) is 0 Å². The fourth-order valence-electron chi connectivity index (χ4n) is 2.86. The Bertz CT molecular complexity index is 1210. The molecule has 0 aliphatic carbocycles. The number of nitrogens with zero attached hydrogens (tertiary/aromatic N) is 4. The summed E-state index contributed by atoms with van der Waals surface area (Å²) in [6.45, 7) is 0. The van der Waals surface area contributed by atoms with Crippen molar-refractivity contribution in [3.05, 3.63) is 85.2 Å². The zero-order chi connectivity index (χ0) is 22.6. The van der Waals surface area contributed by atoms with Crippen LogP contribution < -0.4 is 16.0 Å². The third-order valence-electron chi connectivity index (χ3n) is 4.32. The van der Waals surface area contributed by atoms with Crippen LogP contribution in [0.25, 0.3) is 5.82 Å². The molecule has 32 heavy (non-hydrogen) atoms. The highest BCUT2D eigenvalue weighted by Gasteiger charge is 2.33. The van der Waals surface area contributed by atoms with Crippen molar-refractivity contribution in [1.82, 2.24) is 19.5 Å². The van der Waals surface area contributed by atoms with Crippen LogP contribution in [0.2, 0.25) is 0 Å². The van der Waals surface area contributed by atoms with Crippen molar-refractivity contribution < 1.29 is 18.0 Å². The molecule has 2 aromatic carbocycles. The number of halogens is 3. The predicted octanol–water partition coefficient (Wildman–Crippen LogP) is 5.07. The molecule has 2 heterocycles. The van der Waals surface area contributed by atoms with Gasteiger partial charge in [-0.15, -0.1) is 0 Å². The van der Waals surface area contributed by atoms with E-state index in [2.05, 4.69) is 30.9 Å². The molecule has 8 nitrogen and oxygen atoms in total. The molecule has 2 aromatic heterocycles. The van der Waals surface area contributed by atoms with Crippen molar-refractivity contribution in [1.29, 1.82) is 0 Å². The van der Waals surface area contributed by atoms with E-state index in [9.17, 15) is 18.0 Å². The Morgan fingerprint density at radius 2 is 1.69 bits per heavy atom. The number of carbonyl (C=O) groups is 1. The second-order valence-electron chi connectivity index (χ2n) is 6.56. The number of aromatic nitrogens is 4. The first-order valence-corrected chi connectivity index (χ1v) is 9.30. The maximum absolute atomic E-state index is 13.1. The van der Waals surface area contributed by atoms with Crippen molar-refractivity contribution in [3.63, 3.8) is 0 Å². The number of carbonyl (C=O) groups excluding carboxylic acids is 1. The van der Waals surface area contributed by atoms with Crippen LogP contribution in [0.5, 0.6) is 0 Å². The standard InChI is InChI=1S/C21H16F3N7O/c22-21(23,24)16-3-1-2-4-17(16)30-20(32)29-15-7-5-14(6-8-15)28-18-11-19(27-12-26-18)31-10-9-25-13-31/h1-13H,(H,26,27,28)(H2,29,30,32). The lowest BCUT2D eigenvalue weighted by Crippen LogP contribution is -2.21. The minimum atomic E-state index is -4.57. The highest BCUT2D eigenvalue weighted by molar-refractivity contribution is 6.00. The minimum Gasteiger partial charge on any atom is -0.340 e. The van der Waals surface area contributed by atoms with E-state index in [0.29, 0.717) is 23.0 Å². The Hall–Kier alpha value is -4.41. The summed E-state index contributed by atoms with van der Waals surface area (Å²) >= 11 is 0. The van der Waals surface area contributed by atoms with E-state index in [1.807, 2.05) is 0 Å². The van der Waals surface area contributed by atoms with Crippen molar-refractivity contribution in [2.24, 2.45) is 0 Å². The van der Waals surface area contributed by atoms with Crippen LogP contribution in [-0.2, 0) is 6.18 Å². The summed E-state index contributed by atoms with van der Waals surface area (Å²) in [6, 6.07) is 12.3. The molecule has 0 radical (unpaired) electrons. The predicted molar refractivity (Wildman–Crippen MR) is 113 cm³/mol. The monoisotopic (exact) mass is 439 g/mol. The number of rotatable bonds is 5. The van der Waals surface area contributed by atoms with Crippen LogP contribution >= 0.6 is 0 Å². The number of nitrogens with one attached hydrogen (secondary N) is 3. The van der Waals surface area contributed by atoms with Crippen LogP contribution in [0.4, 0.5) is 40.8 Å². The van der Waals surface area contributed by atoms with Crippen molar-refractivity contribution in [2.75, 3.05) is 16.0 Å². The molecule has 0 fully saturated rings. The van der Waals surface area contributed by atoms with E-state index in [-0.39, 0.29) is 5.69 Å². The molecule has 0 unspecified atom stereocenters. The molecule has 0 saturated carbocycles. The number of para-hydroxylation sites is 1. The molecule has 4 rings (SSSR count). The molecule has 0 aliphatic heterocycles. The molecule has 11 heteroatoms. The van der Waals surface area contributed by atoms with Gasteiger partial charge in [0.05, 0.1) is 11.3 Å². The first-order valence-electron chi connectivity index (χ1n) is 9.30. The molecule has 0 spiro atoms. The highest BCUT2D eigenvalue weighted by Crippen LogP contribution is 2.34. The molecule has 162 valence electrons. The van der Waals surface area contributed by atoms with Gasteiger partial charge >= 0.3 is 12.2 Å². The molecule has 0 bridgehead atoms. The lowest BCUT2D eigenvalue weighted by atomic mass is 10.1. The van der Waals surface area contributed by atoms with E-state index in [1.165, 1.54) is 24.5 Å². The van der Waals surface area contributed by atoms with Gasteiger partial charge in [-0.2, -0.15) is 13.2 Å². The number of hydrogen-bond acceptors (Lipinski definition) is 5. The molecule has 0 aliphatic rings. The number of imidazole rings is 1. The Labute approximate surface area is 180 Å². The normalized spacial score (nSPS) is 11.1. The quantitative estimate of drug-likeness (QED) is 0.404. The SMILES string of the molecule is O=C(Nc1ccc(Nc2cc(-n3ccnc3)ncn2)cc1)Nc1ccccc1C(F)(F)F. The largest absolute Gasteiger partial charge is 0.418 e. The summed E-state index contributed by atoms with van der Waals surface area (Å²) in [5, 5.41) is 7.85. The number of anilines is 4. The Morgan fingerprint density at radius 3 is 2.41 bits per heavy atom. The summed E-state index contributed by atoms with van der Waals surface area (Å²) in [7, 11) is 0. The summed E-state index contributed by atoms with van der Waals surface area (Å²) in [5.74, 6) is 1.18. The zero-order valence-electron chi connectivity index (χ0n) is 16.3. The number of amides is 2. The van der Waals surface area contributed by atoms with Crippen LogP contribution in [0.15, 0.2) is 79.6 Å². The third-order valence-corrected chi connectivity index (χ3v) is 4.32. The summed E-state index contributed by atoms with van der Waals surface area (Å²) in [6.07, 6.45) is 1.85. The van der Waals surface area contributed by atoms with Crippen LogP contribution in [0.3, 0.4) is 0 Å². The Kier molecular flexibility index (Phi) is 5.71. The van der Waals surface area contributed by atoms with Gasteiger partial charge in [0, 0.05) is 29.8 Å². The van der Waals surface area contributed by atoms with Gasteiger partial charge in [-0.25, -0.2) is 19.7 Å². The molecule has 0 atom stereocenters. The van der Waals surface area contributed by atoms with E-state index in [1.54, 1.807) is 53.6 Å². The van der Waals surface area contributed by atoms with Crippen molar-refractivity contribution >= 4 is 28.9 Å². The van der Waals surface area contributed by atoms with Gasteiger partial charge in [-0.05, 0) is 36.4 Å². The average Bonchev–Trinajstić information content (AvgIpc) is 3.30. The molecule has 0 saturated heterocycles. The fraction of sp³-hybridized carbons (Fsp3) is 0.0476. The topological polar surface area (TPSA) is 96.8 Å². The number of hydrogen-bond donors (Lipinski definition) is 3. The van der Waals surface area contributed by atoms with Gasteiger partial charge in [-0.1, -0.05) is 12.1 Å². The highest BCUT2D eigenvalue weighted by atomic mass is 19.4. The van der Waals surface area contributed by atoms with Gasteiger partial charge in [0.15, 0.2) is 0 Å². The smallest absolute Gasteiger partial charge is 0.340 e. The lowest BCUT2D eigenvalue weighted by Gasteiger charge is -2.14. The van der Waals surface area contributed by atoms with E-state index in [0.717, 1.165) is 6.07 Å². The first kappa shape index (κ1) is 20.8. The molecule has 3 N–H and O–H groups in total. The Balaban J connectivity index is 1.40. The van der Waals surface area contributed by atoms with Gasteiger partial charge in [0.1, 0.15) is 24.3 Å². The van der Waals surface area contributed by atoms with Gasteiger partial charge < -0.3 is 16.0 Å². The van der Waals surface area contributed by atoms with Gasteiger partial charge in [0.25, 0.3) is 0 Å². The maximum Gasteiger partial charge on any atom is 0.418 e. The summed E-state index contributed by atoms with van der Waals surface area (Å²) in [4.78, 5) is 24.5. The van der Waals surface area contributed by atoms with Crippen molar-refractivity contribution in [2.45, 2.75) is 6.18 Å². The first-order chi connectivity index (χ1) is 15.4. The van der Waals surface area contributed by atoms with Gasteiger partial charge in [-0.3, -0.25) is 4.57 Å². The maximum atomic E-state index is 13.1. The number of urea groups is 1. The lowest BCUT2D eigenvalue weighted by molar-refractivity contribution is -0.136. The Morgan fingerprint density at radius 1 is 0.938 bits per heavy atom. The van der Waals surface area contributed by atoms with Crippen LogP contribution in [-0.4, -0.2) is 25.6 Å². The second kappa shape index (κ2) is 8.76. The van der Waals surface area contributed by atoms with E-state index >= 15 is 0 Å².